The number of nitrogens with zero attached hydrogens (tertiary/aromatic N) is 4. The van der Waals surface area contributed by atoms with Crippen LogP contribution in [-0.2, 0) is 33.0 Å². The van der Waals surface area contributed by atoms with E-state index in [0.29, 0.717) is 18.6 Å². The molecule has 1 saturated heterocycles. The standard InChI is InChI=1S/C25H40N6.HI/c1-6-23-22(24(7-2)30(5)29-23)17-27-25(26-8-3)28-21-14-15-31(19(4)16-21)18-20-12-10-9-11-13-20;/h9-13,19,21H,6-8,14-18H2,1-5H3,(H2,26,27,28);1H. The summed E-state index contributed by atoms with van der Waals surface area (Å²) >= 11 is 0. The minimum Gasteiger partial charge on any atom is -0.357 e. The van der Waals surface area contributed by atoms with Gasteiger partial charge in [0.25, 0.3) is 0 Å². The van der Waals surface area contributed by atoms with Gasteiger partial charge in [-0.15, -0.1) is 24.0 Å². The fourth-order valence-corrected chi connectivity index (χ4v) is 4.65. The third-order valence-corrected chi connectivity index (χ3v) is 6.35. The van der Waals surface area contributed by atoms with E-state index in [9.17, 15) is 0 Å². The number of benzene rings is 1. The first kappa shape index (κ1) is 26.6. The van der Waals surface area contributed by atoms with Crippen LogP contribution in [0.5, 0.6) is 0 Å². The number of nitrogens with one attached hydrogen (secondary N) is 2. The molecular formula is C25H41IN6. The second-order valence-electron chi connectivity index (χ2n) is 8.57. The molecule has 2 N–H and O–H groups in total. The fraction of sp³-hybridized carbons (Fsp3) is 0.600. The van der Waals surface area contributed by atoms with Gasteiger partial charge in [-0.05, 0) is 45.1 Å². The highest BCUT2D eigenvalue weighted by Crippen LogP contribution is 2.20. The summed E-state index contributed by atoms with van der Waals surface area (Å²) in [6.45, 7) is 12.5. The zero-order valence-electron chi connectivity index (χ0n) is 20.4. The van der Waals surface area contributed by atoms with Crippen LogP contribution in [0.15, 0.2) is 35.3 Å². The molecule has 1 fully saturated rings. The molecule has 2 aromatic rings. The number of aromatic nitrogens is 2. The van der Waals surface area contributed by atoms with Crippen molar-refractivity contribution in [3.05, 3.63) is 52.8 Å². The second kappa shape index (κ2) is 13.2. The zero-order chi connectivity index (χ0) is 22.2. The zero-order valence-corrected chi connectivity index (χ0v) is 22.7. The van der Waals surface area contributed by atoms with Gasteiger partial charge in [-0.25, -0.2) is 4.99 Å². The van der Waals surface area contributed by atoms with E-state index in [0.717, 1.165) is 51.3 Å². The third-order valence-electron chi connectivity index (χ3n) is 6.35. The highest BCUT2D eigenvalue weighted by Gasteiger charge is 2.26. The highest BCUT2D eigenvalue weighted by atomic mass is 127. The summed E-state index contributed by atoms with van der Waals surface area (Å²) in [5.74, 6) is 0.921. The van der Waals surface area contributed by atoms with Gasteiger partial charge >= 0.3 is 0 Å². The molecule has 0 aliphatic carbocycles. The Morgan fingerprint density at radius 3 is 2.53 bits per heavy atom. The molecule has 6 nitrogen and oxygen atoms in total. The lowest BCUT2D eigenvalue weighted by Gasteiger charge is -2.38. The van der Waals surface area contributed by atoms with Crippen LogP contribution in [-0.4, -0.2) is 45.8 Å². The summed E-state index contributed by atoms with van der Waals surface area (Å²) in [7, 11) is 2.04. The van der Waals surface area contributed by atoms with Gasteiger partial charge in [0.2, 0.25) is 0 Å². The topological polar surface area (TPSA) is 57.5 Å². The molecule has 2 unspecified atom stereocenters. The summed E-state index contributed by atoms with van der Waals surface area (Å²) in [6, 6.07) is 11.8. The molecule has 2 atom stereocenters. The lowest BCUT2D eigenvalue weighted by molar-refractivity contribution is 0.134. The van der Waals surface area contributed by atoms with Crippen molar-refractivity contribution in [2.75, 3.05) is 13.1 Å². The average molecular weight is 553 g/mol. The van der Waals surface area contributed by atoms with Crippen LogP contribution in [0.1, 0.15) is 63.1 Å². The van der Waals surface area contributed by atoms with Gasteiger partial charge < -0.3 is 10.6 Å². The molecule has 0 saturated carbocycles. The molecule has 1 aromatic carbocycles. The van der Waals surface area contributed by atoms with Gasteiger partial charge in [0.15, 0.2) is 5.96 Å². The van der Waals surface area contributed by atoms with Gasteiger partial charge in [0.1, 0.15) is 0 Å². The van der Waals surface area contributed by atoms with E-state index in [1.54, 1.807) is 0 Å². The predicted octanol–water partition coefficient (Wildman–Crippen LogP) is 4.27. The maximum atomic E-state index is 4.95. The van der Waals surface area contributed by atoms with Gasteiger partial charge in [0, 0.05) is 50.0 Å². The van der Waals surface area contributed by atoms with Crippen LogP contribution in [0.25, 0.3) is 0 Å². The van der Waals surface area contributed by atoms with E-state index in [4.69, 9.17) is 10.1 Å². The first-order chi connectivity index (χ1) is 15.0. The minimum atomic E-state index is 0. The lowest BCUT2D eigenvalue weighted by Crippen LogP contribution is -2.51. The Balaban J connectivity index is 0.00000363. The summed E-state index contributed by atoms with van der Waals surface area (Å²) in [6.07, 6.45) is 4.19. The van der Waals surface area contributed by atoms with E-state index < -0.39 is 0 Å². The summed E-state index contributed by atoms with van der Waals surface area (Å²) < 4.78 is 2.02. The SMILES string of the molecule is CCNC(=NCc1c(CC)nn(C)c1CC)NC1CCN(Cc2ccccc2)C(C)C1.I. The van der Waals surface area contributed by atoms with Crippen LogP contribution in [0.3, 0.4) is 0 Å². The maximum Gasteiger partial charge on any atom is 0.191 e. The van der Waals surface area contributed by atoms with Crippen molar-refractivity contribution in [1.29, 1.82) is 0 Å². The predicted molar refractivity (Wildman–Crippen MR) is 145 cm³/mol. The number of aliphatic imine (C=N–C) groups is 1. The Kier molecular flexibility index (Phi) is 11.0. The number of guanidine groups is 1. The summed E-state index contributed by atoms with van der Waals surface area (Å²) in [4.78, 5) is 7.54. The van der Waals surface area contributed by atoms with E-state index in [1.165, 1.54) is 22.5 Å². The maximum absolute atomic E-state index is 4.95. The molecule has 32 heavy (non-hydrogen) atoms. The van der Waals surface area contributed by atoms with Gasteiger partial charge in [-0.1, -0.05) is 44.2 Å². The number of hydrogen-bond donors (Lipinski definition) is 2. The minimum absolute atomic E-state index is 0. The van der Waals surface area contributed by atoms with Crippen LogP contribution >= 0.6 is 24.0 Å². The van der Waals surface area contributed by atoms with Crippen molar-refractivity contribution in [3.8, 4) is 0 Å². The number of halogens is 1. The van der Waals surface area contributed by atoms with E-state index in [1.807, 2.05) is 11.7 Å². The van der Waals surface area contributed by atoms with Crippen molar-refractivity contribution < 1.29 is 0 Å². The molecular weight excluding hydrogens is 511 g/mol. The van der Waals surface area contributed by atoms with Gasteiger partial charge in [0.05, 0.1) is 12.2 Å². The molecule has 0 spiro atoms. The quantitative estimate of drug-likeness (QED) is 0.292. The van der Waals surface area contributed by atoms with Gasteiger partial charge in [-0.3, -0.25) is 9.58 Å². The molecule has 178 valence electrons. The molecule has 0 amide bonds. The average Bonchev–Trinajstić information content (AvgIpc) is 3.09. The highest BCUT2D eigenvalue weighted by molar-refractivity contribution is 14.0. The Morgan fingerprint density at radius 1 is 1.16 bits per heavy atom. The Labute approximate surface area is 211 Å². The first-order valence-corrected chi connectivity index (χ1v) is 11.9. The molecule has 7 heteroatoms. The molecule has 3 rings (SSSR count). The van der Waals surface area contributed by atoms with Crippen LogP contribution in [0, 0.1) is 0 Å². The Hall–Kier alpha value is -1.61. The molecule has 0 bridgehead atoms. The summed E-state index contributed by atoms with van der Waals surface area (Å²) in [5, 5.41) is 11.8. The fourth-order valence-electron chi connectivity index (χ4n) is 4.65. The molecule has 1 aliphatic heterocycles. The normalized spacial score (nSPS) is 19.5. The molecule has 2 heterocycles. The van der Waals surface area contributed by atoms with Crippen molar-refractivity contribution in [3.63, 3.8) is 0 Å². The van der Waals surface area contributed by atoms with Crippen LogP contribution < -0.4 is 10.6 Å². The van der Waals surface area contributed by atoms with Crippen molar-refractivity contribution in [2.24, 2.45) is 12.0 Å². The van der Waals surface area contributed by atoms with E-state index in [-0.39, 0.29) is 24.0 Å². The molecule has 1 aliphatic rings. The molecule has 0 radical (unpaired) electrons. The van der Waals surface area contributed by atoms with Crippen LogP contribution in [0.4, 0.5) is 0 Å². The number of rotatable bonds is 8. The van der Waals surface area contributed by atoms with E-state index in [2.05, 4.69) is 73.6 Å². The number of likely N-dealkylation sites (tertiary alicyclic amines) is 1. The Bertz CT molecular complexity index is 848. The number of aryl methyl sites for hydroxylation is 2. The monoisotopic (exact) mass is 552 g/mol. The van der Waals surface area contributed by atoms with Crippen LogP contribution in [0.2, 0.25) is 0 Å². The smallest absolute Gasteiger partial charge is 0.191 e. The third kappa shape index (κ3) is 6.94. The summed E-state index contributed by atoms with van der Waals surface area (Å²) in [5.41, 5.74) is 5.14. The second-order valence-corrected chi connectivity index (χ2v) is 8.57. The Morgan fingerprint density at radius 2 is 1.91 bits per heavy atom. The molecule has 1 aromatic heterocycles. The largest absolute Gasteiger partial charge is 0.357 e. The number of hydrogen-bond acceptors (Lipinski definition) is 3. The first-order valence-electron chi connectivity index (χ1n) is 11.9. The lowest BCUT2D eigenvalue weighted by atomic mass is 9.97. The van der Waals surface area contributed by atoms with E-state index >= 15 is 0 Å². The van der Waals surface area contributed by atoms with Crippen molar-refractivity contribution in [1.82, 2.24) is 25.3 Å². The van der Waals surface area contributed by atoms with Crippen molar-refractivity contribution in [2.45, 2.75) is 78.6 Å². The van der Waals surface area contributed by atoms with Crippen molar-refractivity contribution >= 4 is 29.9 Å². The number of piperidine rings is 1. The van der Waals surface area contributed by atoms with Gasteiger partial charge in [-0.2, -0.15) is 5.10 Å².